The number of fused-ring (bicyclic) bond motifs is 1. The van der Waals surface area contributed by atoms with E-state index >= 15 is 0 Å². The molecule has 1 aromatic carbocycles. The fraction of sp³-hybridized carbons (Fsp3) is 0.333. The van der Waals surface area contributed by atoms with Crippen LogP contribution in [0.2, 0.25) is 0 Å². The van der Waals surface area contributed by atoms with Crippen molar-refractivity contribution in [2.24, 2.45) is 14.1 Å². The molecule has 0 bridgehead atoms. The lowest BCUT2D eigenvalue weighted by atomic mass is 10.1. The maximum Gasteiger partial charge on any atom is 0.332 e. The maximum atomic E-state index is 13.3. The van der Waals surface area contributed by atoms with Gasteiger partial charge in [-0.1, -0.05) is 30.3 Å². The van der Waals surface area contributed by atoms with Gasteiger partial charge in [-0.05, 0) is 5.56 Å². The third kappa shape index (κ3) is 4.15. The Balaban J connectivity index is 1.33. The lowest BCUT2D eigenvalue weighted by Crippen LogP contribution is -2.49. The minimum Gasteiger partial charge on any atom is -0.384 e. The molecule has 4 aromatic rings. The van der Waals surface area contributed by atoms with E-state index in [4.69, 9.17) is 5.73 Å². The Morgan fingerprint density at radius 2 is 1.75 bits per heavy atom. The monoisotopic (exact) mass is 489 g/mol. The molecule has 0 amide bonds. The van der Waals surface area contributed by atoms with Gasteiger partial charge in [-0.2, -0.15) is 5.10 Å². The number of aromatic nitrogens is 6. The van der Waals surface area contributed by atoms with Crippen molar-refractivity contribution in [2.75, 3.05) is 43.4 Å². The fourth-order valence-electron chi connectivity index (χ4n) is 4.57. The maximum absolute atomic E-state index is 13.3. The van der Waals surface area contributed by atoms with Crippen LogP contribution in [0.25, 0.3) is 11.0 Å². The van der Waals surface area contributed by atoms with E-state index in [-0.39, 0.29) is 24.5 Å². The molecule has 1 aliphatic rings. The van der Waals surface area contributed by atoms with Gasteiger partial charge in [-0.25, -0.2) is 14.8 Å². The van der Waals surface area contributed by atoms with Gasteiger partial charge in [0.05, 0.1) is 24.7 Å². The molecular weight excluding hydrogens is 462 g/mol. The lowest BCUT2D eigenvalue weighted by Gasteiger charge is -2.35. The largest absolute Gasteiger partial charge is 0.384 e. The molecule has 0 spiro atoms. The van der Waals surface area contributed by atoms with Gasteiger partial charge in [0.15, 0.2) is 11.4 Å². The molecule has 1 fully saturated rings. The van der Waals surface area contributed by atoms with Crippen molar-refractivity contribution in [3.63, 3.8) is 0 Å². The van der Waals surface area contributed by atoms with E-state index in [0.29, 0.717) is 26.2 Å². The second kappa shape index (κ2) is 9.38. The molecule has 0 atom stereocenters. The van der Waals surface area contributed by atoms with Crippen LogP contribution in [-0.2, 0) is 20.6 Å². The van der Waals surface area contributed by atoms with Crippen molar-refractivity contribution < 1.29 is 4.79 Å². The highest BCUT2D eigenvalue weighted by atomic mass is 16.2. The summed E-state index contributed by atoms with van der Waals surface area (Å²) < 4.78 is 3.92. The highest BCUT2D eigenvalue weighted by Gasteiger charge is 2.26. The van der Waals surface area contributed by atoms with E-state index in [1.165, 1.54) is 17.9 Å². The van der Waals surface area contributed by atoms with E-state index in [1.807, 2.05) is 42.3 Å². The number of aryl methyl sites for hydroxylation is 1. The van der Waals surface area contributed by atoms with Gasteiger partial charge < -0.3 is 10.6 Å². The van der Waals surface area contributed by atoms with Crippen LogP contribution in [0.5, 0.6) is 0 Å². The highest BCUT2D eigenvalue weighted by molar-refractivity contribution is 6.01. The van der Waals surface area contributed by atoms with Crippen molar-refractivity contribution in [1.29, 1.82) is 0 Å². The van der Waals surface area contributed by atoms with Gasteiger partial charge in [0.1, 0.15) is 23.5 Å². The Hall–Kier alpha value is -4.32. The molecule has 1 saturated heterocycles. The van der Waals surface area contributed by atoms with Crippen LogP contribution in [-0.4, -0.2) is 72.3 Å². The lowest BCUT2D eigenvalue weighted by molar-refractivity contribution is 0.0924. The van der Waals surface area contributed by atoms with Crippen molar-refractivity contribution in [3.8, 4) is 0 Å². The second-order valence-corrected chi connectivity index (χ2v) is 8.87. The van der Waals surface area contributed by atoms with E-state index in [2.05, 4.69) is 20.0 Å². The van der Waals surface area contributed by atoms with Crippen LogP contribution < -0.4 is 21.9 Å². The Labute approximate surface area is 206 Å². The van der Waals surface area contributed by atoms with Crippen LogP contribution in [0, 0.1) is 0 Å². The van der Waals surface area contributed by atoms with Crippen LogP contribution in [0.1, 0.15) is 15.9 Å². The summed E-state index contributed by atoms with van der Waals surface area (Å²) in [6, 6.07) is 9.29. The van der Waals surface area contributed by atoms with E-state index in [0.717, 1.165) is 27.0 Å². The van der Waals surface area contributed by atoms with E-state index in [9.17, 15) is 14.4 Å². The Morgan fingerprint density at radius 3 is 2.47 bits per heavy atom. The summed E-state index contributed by atoms with van der Waals surface area (Å²) in [7, 11) is 3.20. The van der Waals surface area contributed by atoms with Crippen LogP contribution in [0.15, 0.2) is 52.4 Å². The second-order valence-electron chi connectivity index (χ2n) is 8.87. The first kappa shape index (κ1) is 23.4. The molecule has 36 heavy (non-hydrogen) atoms. The molecule has 4 heterocycles. The standard InChI is InChI=1S/C24H27N9O3/c1-29-23(35)19(20(25)33(24(29)36)13-16-6-4-3-5-7-16)18(34)14-31-8-10-32(11-9-31)22-17-12-28-30(2)21(17)26-15-27-22/h3-7,12,15H,8-11,13-14,25H2,1-2H3. The normalized spacial score (nSPS) is 14.4. The summed E-state index contributed by atoms with van der Waals surface area (Å²) >= 11 is 0. The van der Waals surface area contributed by atoms with Crippen LogP contribution in [0.3, 0.4) is 0 Å². The summed E-state index contributed by atoms with van der Waals surface area (Å²) in [4.78, 5) is 51.7. The molecule has 5 rings (SSSR count). The minimum atomic E-state index is -0.676. The third-order valence-electron chi connectivity index (χ3n) is 6.59. The number of benzene rings is 1. The van der Waals surface area contributed by atoms with Gasteiger partial charge in [-0.3, -0.25) is 28.3 Å². The number of nitrogens with two attached hydrogens (primary N) is 1. The first-order valence-electron chi connectivity index (χ1n) is 11.6. The molecule has 12 nitrogen and oxygen atoms in total. The molecule has 0 aliphatic carbocycles. The van der Waals surface area contributed by atoms with Gasteiger partial charge in [0.2, 0.25) is 0 Å². The van der Waals surface area contributed by atoms with Crippen LogP contribution in [0.4, 0.5) is 11.6 Å². The van der Waals surface area contributed by atoms with Crippen LogP contribution >= 0.6 is 0 Å². The molecule has 12 heteroatoms. The average Bonchev–Trinajstić information content (AvgIpc) is 3.27. The number of carbonyl (C=O) groups excluding carboxylic acids is 1. The molecule has 2 N–H and O–H groups in total. The highest BCUT2D eigenvalue weighted by Crippen LogP contribution is 2.23. The summed E-state index contributed by atoms with van der Waals surface area (Å²) in [5, 5.41) is 5.14. The smallest absolute Gasteiger partial charge is 0.332 e. The summed E-state index contributed by atoms with van der Waals surface area (Å²) in [5.74, 6) is 0.306. The predicted molar refractivity (Wildman–Crippen MR) is 135 cm³/mol. The summed E-state index contributed by atoms with van der Waals surface area (Å²) in [6.45, 7) is 2.69. The number of nitrogen functional groups attached to an aromatic ring is 1. The number of carbonyl (C=O) groups is 1. The average molecular weight is 490 g/mol. The molecule has 3 aromatic heterocycles. The molecule has 186 valence electrons. The SMILES string of the molecule is Cn1c(=O)c(C(=O)CN2CCN(c3ncnc4c3cnn4C)CC2)c(N)n(Cc2ccccc2)c1=O. The molecule has 0 radical (unpaired) electrons. The quantitative estimate of drug-likeness (QED) is 0.367. The first-order valence-corrected chi connectivity index (χ1v) is 11.6. The topological polar surface area (TPSA) is 137 Å². The number of hydrogen-bond acceptors (Lipinski definition) is 9. The number of hydrogen-bond donors (Lipinski definition) is 1. The van der Waals surface area contributed by atoms with Crippen molar-refractivity contribution in [3.05, 3.63) is 74.8 Å². The van der Waals surface area contributed by atoms with Gasteiger partial charge in [-0.15, -0.1) is 0 Å². The Bertz CT molecular complexity index is 1550. The van der Waals surface area contributed by atoms with Crippen molar-refractivity contribution >= 4 is 28.5 Å². The first-order chi connectivity index (χ1) is 17.3. The van der Waals surface area contributed by atoms with Crippen molar-refractivity contribution in [2.45, 2.75) is 6.54 Å². The summed E-state index contributed by atoms with van der Waals surface area (Å²) in [5.41, 5.74) is 6.46. The number of piperazine rings is 1. The van der Waals surface area contributed by atoms with E-state index < -0.39 is 17.0 Å². The molecular formula is C24H27N9O3. The van der Waals surface area contributed by atoms with Gasteiger partial charge in [0, 0.05) is 40.3 Å². The predicted octanol–water partition coefficient (Wildman–Crippen LogP) is -0.141. The minimum absolute atomic E-state index is 0.0307. The zero-order valence-electron chi connectivity index (χ0n) is 20.2. The zero-order chi connectivity index (χ0) is 25.4. The molecule has 1 aliphatic heterocycles. The number of ketones is 1. The number of anilines is 2. The number of Topliss-reactive ketones (excluding diaryl/α,β-unsaturated/α-hetero) is 1. The number of rotatable bonds is 6. The summed E-state index contributed by atoms with van der Waals surface area (Å²) in [6.07, 6.45) is 3.28. The van der Waals surface area contributed by atoms with Gasteiger partial charge in [0.25, 0.3) is 5.56 Å². The Morgan fingerprint density at radius 1 is 1.03 bits per heavy atom. The Kier molecular flexibility index (Phi) is 6.10. The van der Waals surface area contributed by atoms with E-state index in [1.54, 1.807) is 10.9 Å². The third-order valence-corrected chi connectivity index (χ3v) is 6.59. The molecule has 0 saturated carbocycles. The molecule has 0 unspecified atom stereocenters. The number of nitrogens with zero attached hydrogens (tertiary/aromatic N) is 8. The zero-order valence-corrected chi connectivity index (χ0v) is 20.2. The van der Waals surface area contributed by atoms with Crippen molar-refractivity contribution in [1.82, 2.24) is 33.8 Å². The fourth-order valence-corrected chi connectivity index (χ4v) is 4.57. The van der Waals surface area contributed by atoms with Gasteiger partial charge >= 0.3 is 5.69 Å².